The van der Waals surface area contributed by atoms with Crippen LogP contribution in [-0.2, 0) is 13.8 Å². The minimum absolute atomic E-state index is 0.108. The molecule has 1 fully saturated rings. The Morgan fingerprint density at radius 3 is 2.67 bits per heavy atom. The summed E-state index contributed by atoms with van der Waals surface area (Å²) in [5.41, 5.74) is 2.13. The van der Waals surface area contributed by atoms with Gasteiger partial charge in [0.15, 0.2) is 0 Å². The molecule has 1 aromatic carbocycles. The molecule has 3 rings (SSSR count). The van der Waals surface area contributed by atoms with E-state index in [0.717, 1.165) is 5.52 Å². The van der Waals surface area contributed by atoms with Crippen LogP contribution in [0.1, 0.15) is 6.42 Å². The van der Waals surface area contributed by atoms with Crippen LogP contribution in [0, 0.1) is 5.92 Å². The van der Waals surface area contributed by atoms with E-state index in [2.05, 4.69) is 9.97 Å². The number of anilines is 1. The molecule has 1 amide bonds. The Morgan fingerprint density at radius 1 is 1.24 bits per heavy atom. The lowest BCUT2D eigenvalue weighted by atomic mass is 10.1. The summed E-state index contributed by atoms with van der Waals surface area (Å²) in [4.78, 5) is 22.0. The molecule has 1 atom stereocenters. The maximum Gasteiger partial charge on any atom is 0.232 e. The second-order valence-corrected chi connectivity index (χ2v) is 7.83. The van der Waals surface area contributed by atoms with Gasteiger partial charge in [-0.3, -0.25) is 14.8 Å². The first kappa shape index (κ1) is 14.2. The summed E-state index contributed by atoms with van der Waals surface area (Å²) in [6.45, 7) is 0.344. The quantitative estimate of drug-likeness (QED) is 0.800. The van der Waals surface area contributed by atoms with Gasteiger partial charge < -0.3 is 4.90 Å². The van der Waals surface area contributed by atoms with E-state index < -0.39 is 9.05 Å². The second kappa shape index (κ2) is 5.23. The zero-order valence-electron chi connectivity index (χ0n) is 10.9. The number of benzene rings is 1. The van der Waals surface area contributed by atoms with Crippen LogP contribution in [0.3, 0.4) is 0 Å². The van der Waals surface area contributed by atoms with Gasteiger partial charge in [-0.05, 0) is 18.2 Å². The molecule has 0 bridgehead atoms. The molecule has 1 aliphatic heterocycles. The van der Waals surface area contributed by atoms with Crippen LogP contribution in [0.25, 0.3) is 11.0 Å². The highest BCUT2D eigenvalue weighted by atomic mass is 35.7. The van der Waals surface area contributed by atoms with Gasteiger partial charge in [-0.1, -0.05) is 0 Å². The average Bonchev–Trinajstić information content (AvgIpc) is 2.76. The summed E-state index contributed by atoms with van der Waals surface area (Å²) in [5, 5.41) is 0. The highest BCUT2D eigenvalue weighted by Gasteiger charge is 2.33. The molecule has 1 unspecified atom stereocenters. The first-order chi connectivity index (χ1) is 9.92. The van der Waals surface area contributed by atoms with Crippen molar-refractivity contribution in [3.05, 3.63) is 30.6 Å². The standard InChI is InChI=1S/C13H12ClN3O3S/c14-21(19,20)8-9-5-13(18)17(7-9)10-1-2-11-12(6-10)16-4-3-15-11/h1-4,6,9H,5,7-8H2. The fraction of sp³-hybridized carbons (Fsp3) is 0.308. The van der Waals surface area contributed by atoms with Crippen molar-refractivity contribution in [2.24, 2.45) is 5.92 Å². The molecule has 0 aliphatic carbocycles. The number of hydrogen-bond donors (Lipinski definition) is 0. The molecular formula is C13H12ClN3O3S. The van der Waals surface area contributed by atoms with Gasteiger partial charge in [0.2, 0.25) is 15.0 Å². The molecular weight excluding hydrogens is 314 g/mol. The lowest BCUT2D eigenvalue weighted by molar-refractivity contribution is -0.117. The first-order valence-corrected chi connectivity index (χ1v) is 8.84. The molecule has 8 heteroatoms. The summed E-state index contributed by atoms with van der Waals surface area (Å²) in [5.74, 6) is -0.578. The molecule has 2 aromatic rings. The van der Waals surface area contributed by atoms with Crippen molar-refractivity contribution in [3.8, 4) is 0 Å². The predicted octanol–water partition coefficient (Wildman–Crippen LogP) is 1.55. The Labute approximate surface area is 126 Å². The van der Waals surface area contributed by atoms with Crippen LogP contribution < -0.4 is 4.90 Å². The van der Waals surface area contributed by atoms with Gasteiger partial charge in [0.1, 0.15) is 0 Å². The van der Waals surface area contributed by atoms with Gasteiger partial charge >= 0.3 is 0 Å². The van der Waals surface area contributed by atoms with Crippen LogP contribution in [0.4, 0.5) is 5.69 Å². The number of nitrogens with zero attached hydrogens (tertiary/aromatic N) is 3. The minimum atomic E-state index is -3.60. The van der Waals surface area contributed by atoms with Crippen molar-refractivity contribution >= 4 is 42.4 Å². The third kappa shape index (κ3) is 3.14. The maximum absolute atomic E-state index is 12.1. The smallest absolute Gasteiger partial charge is 0.232 e. The van der Waals surface area contributed by atoms with Crippen molar-refractivity contribution in [3.63, 3.8) is 0 Å². The van der Waals surface area contributed by atoms with Crippen molar-refractivity contribution in [1.82, 2.24) is 9.97 Å². The van der Waals surface area contributed by atoms with E-state index in [9.17, 15) is 13.2 Å². The Hall–Kier alpha value is -1.73. The van der Waals surface area contributed by atoms with Gasteiger partial charge in [-0.15, -0.1) is 0 Å². The van der Waals surface area contributed by atoms with Crippen molar-refractivity contribution in [1.29, 1.82) is 0 Å². The average molecular weight is 326 g/mol. The van der Waals surface area contributed by atoms with Gasteiger partial charge in [0.25, 0.3) is 0 Å². The van der Waals surface area contributed by atoms with Crippen LogP contribution in [-0.4, -0.2) is 36.6 Å². The molecule has 0 N–H and O–H groups in total. The third-order valence-electron chi connectivity index (χ3n) is 3.40. The topological polar surface area (TPSA) is 80.2 Å². The van der Waals surface area contributed by atoms with Crippen LogP contribution in [0.2, 0.25) is 0 Å². The fourth-order valence-electron chi connectivity index (χ4n) is 2.54. The van der Waals surface area contributed by atoms with Gasteiger partial charge in [0.05, 0.1) is 16.8 Å². The zero-order chi connectivity index (χ0) is 15.0. The Bertz CT molecular complexity index is 809. The third-order valence-corrected chi connectivity index (χ3v) is 4.65. The summed E-state index contributed by atoms with van der Waals surface area (Å²) in [7, 11) is 1.66. The number of aromatic nitrogens is 2. The molecule has 2 heterocycles. The van der Waals surface area contributed by atoms with E-state index in [0.29, 0.717) is 17.7 Å². The van der Waals surface area contributed by atoms with E-state index in [4.69, 9.17) is 10.7 Å². The van der Waals surface area contributed by atoms with E-state index in [1.807, 2.05) is 0 Å². The van der Waals surface area contributed by atoms with Crippen LogP contribution in [0.5, 0.6) is 0 Å². The summed E-state index contributed by atoms with van der Waals surface area (Å²) >= 11 is 0. The number of rotatable bonds is 3. The number of halogens is 1. The zero-order valence-corrected chi connectivity index (χ0v) is 12.5. The predicted molar refractivity (Wildman–Crippen MR) is 79.6 cm³/mol. The van der Waals surface area contributed by atoms with E-state index >= 15 is 0 Å². The van der Waals surface area contributed by atoms with Crippen LogP contribution in [0.15, 0.2) is 30.6 Å². The SMILES string of the molecule is O=C1CC(CS(=O)(=O)Cl)CN1c1ccc2nccnc2c1. The van der Waals surface area contributed by atoms with Gasteiger partial charge in [0, 0.05) is 47.6 Å². The normalized spacial score (nSPS) is 19.4. The molecule has 110 valence electrons. The van der Waals surface area contributed by atoms with Crippen LogP contribution >= 0.6 is 10.7 Å². The lowest BCUT2D eigenvalue weighted by Gasteiger charge is -2.16. The Balaban J connectivity index is 1.87. The minimum Gasteiger partial charge on any atom is -0.312 e. The maximum atomic E-state index is 12.1. The molecule has 0 saturated carbocycles. The number of carbonyl (C=O) groups excluding carboxylic acids is 1. The summed E-state index contributed by atoms with van der Waals surface area (Å²) in [6.07, 6.45) is 3.37. The fourth-order valence-corrected chi connectivity index (χ4v) is 3.86. The molecule has 0 radical (unpaired) electrons. The largest absolute Gasteiger partial charge is 0.312 e. The van der Waals surface area contributed by atoms with Crippen molar-refractivity contribution in [2.75, 3.05) is 17.2 Å². The second-order valence-electron chi connectivity index (χ2n) is 5.01. The van der Waals surface area contributed by atoms with Crippen molar-refractivity contribution < 1.29 is 13.2 Å². The monoisotopic (exact) mass is 325 g/mol. The first-order valence-electron chi connectivity index (χ1n) is 6.36. The van der Waals surface area contributed by atoms with Gasteiger partial charge in [-0.2, -0.15) is 0 Å². The number of hydrogen-bond acceptors (Lipinski definition) is 5. The Morgan fingerprint density at radius 2 is 1.95 bits per heavy atom. The highest BCUT2D eigenvalue weighted by molar-refractivity contribution is 8.13. The highest BCUT2D eigenvalue weighted by Crippen LogP contribution is 2.28. The lowest BCUT2D eigenvalue weighted by Crippen LogP contribution is -2.25. The van der Waals surface area contributed by atoms with E-state index in [1.165, 1.54) is 0 Å². The van der Waals surface area contributed by atoms with Gasteiger partial charge in [-0.25, -0.2) is 8.42 Å². The summed E-state index contributed by atoms with van der Waals surface area (Å²) < 4.78 is 22.3. The molecule has 1 aliphatic rings. The Kier molecular flexibility index (Phi) is 3.54. The van der Waals surface area contributed by atoms with Crippen molar-refractivity contribution in [2.45, 2.75) is 6.42 Å². The molecule has 6 nitrogen and oxygen atoms in total. The molecule has 0 spiro atoms. The molecule has 1 saturated heterocycles. The number of amides is 1. The molecule has 21 heavy (non-hydrogen) atoms. The summed E-state index contributed by atoms with van der Waals surface area (Å²) in [6, 6.07) is 5.35. The van der Waals surface area contributed by atoms with E-state index in [1.54, 1.807) is 35.5 Å². The number of fused-ring (bicyclic) bond motifs is 1. The number of carbonyl (C=O) groups is 1. The van der Waals surface area contributed by atoms with E-state index in [-0.39, 0.29) is 24.0 Å². The molecule has 1 aromatic heterocycles.